The third kappa shape index (κ3) is 4.12. The second-order valence-corrected chi connectivity index (χ2v) is 5.40. The monoisotopic (exact) mass is 308 g/mol. The molecule has 21 heavy (non-hydrogen) atoms. The van der Waals surface area contributed by atoms with E-state index in [1.807, 2.05) is 18.2 Å². The summed E-state index contributed by atoms with van der Waals surface area (Å²) in [6.45, 7) is 0.884. The molecule has 0 saturated carbocycles. The fourth-order valence-corrected chi connectivity index (χ4v) is 2.63. The minimum atomic E-state index is -0.403. The van der Waals surface area contributed by atoms with Crippen molar-refractivity contribution < 1.29 is 14.4 Å². The minimum Gasteiger partial charge on any atom is -0.375 e. The quantitative estimate of drug-likeness (QED) is 0.652. The molecule has 0 atom stereocenters. The number of nitrogens with two attached hydrogens (primary N) is 1. The van der Waals surface area contributed by atoms with Crippen molar-refractivity contribution in [3.05, 3.63) is 24.3 Å². The number of anilines is 1. The van der Waals surface area contributed by atoms with Crippen LogP contribution in [0.1, 0.15) is 0 Å². The molecule has 0 aliphatic carbocycles. The summed E-state index contributed by atoms with van der Waals surface area (Å²) in [6, 6.07) is 6.94. The van der Waals surface area contributed by atoms with Crippen molar-refractivity contribution in [1.82, 2.24) is 10.2 Å². The lowest BCUT2D eigenvalue weighted by atomic mass is 10.3. The van der Waals surface area contributed by atoms with Crippen molar-refractivity contribution in [1.29, 1.82) is 0 Å². The van der Waals surface area contributed by atoms with Crippen molar-refractivity contribution in [3.8, 4) is 0 Å². The number of thioether (sulfide) groups is 1. The maximum Gasteiger partial charge on any atom is 0.324 e. The molecule has 8 heteroatoms. The van der Waals surface area contributed by atoms with Crippen molar-refractivity contribution in [3.63, 3.8) is 0 Å². The molecule has 112 valence electrons. The molecule has 4 amide bonds. The van der Waals surface area contributed by atoms with Crippen LogP contribution in [-0.2, 0) is 9.59 Å². The third-order valence-electron chi connectivity index (χ3n) is 2.84. The maximum atomic E-state index is 11.9. The van der Waals surface area contributed by atoms with Gasteiger partial charge in [0.05, 0.1) is 12.3 Å². The average molecular weight is 308 g/mol. The number of carbonyl (C=O) groups excluding carboxylic acids is 3. The van der Waals surface area contributed by atoms with E-state index >= 15 is 0 Å². The Morgan fingerprint density at radius 3 is 2.81 bits per heavy atom. The van der Waals surface area contributed by atoms with Crippen LogP contribution >= 0.6 is 11.8 Å². The smallest absolute Gasteiger partial charge is 0.324 e. The van der Waals surface area contributed by atoms with Crippen LogP contribution in [0, 0.1) is 0 Å². The molecule has 0 radical (unpaired) electrons. The number of primary amides is 1. The first-order chi connectivity index (χ1) is 10.1. The number of hydrogen-bond acceptors (Lipinski definition) is 5. The van der Waals surface area contributed by atoms with Gasteiger partial charge in [-0.15, -0.1) is 11.8 Å². The Kier molecular flexibility index (Phi) is 5.04. The number of nitrogens with zero attached hydrogens (tertiary/aromatic N) is 1. The summed E-state index contributed by atoms with van der Waals surface area (Å²) in [4.78, 5) is 36.1. The molecule has 4 N–H and O–H groups in total. The average Bonchev–Trinajstić information content (AvgIpc) is 2.89. The summed E-state index contributed by atoms with van der Waals surface area (Å²) in [5.74, 6) is -0.527. The largest absolute Gasteiger partial charge is 0.375 e. The molecule has 1 fully saturated rings. The molecule has 0 unspecified atom stereocenters. The molecule has 1 aliphatic heterocycles. The van der Waals surface area contributed by atoms with Gasteiger partial charge in [-0.05, 0) is 12.1 Å². The van der Waals surface area contributed by atoms with Crippen molar-refractivity contribution in [2.45, 2.75) is 4.90 Å². The molecule has 0 aromatic heterocycles. The van der Waals surface area contributed by atoms with Gasteiger partial charge in [-0.3, -0.25) is 14.5 Å². The van der Waals surface area contributed by atoms with Crippen LogP contribution in [0.2, 0.25) is 0 Å². The molecular formula is C13H16N4O3S. The molecule has 7 nitrogen and oxygen atoms in total. The zero-order chi connectivity index (χ0) is 15.2. The Morgan fingerprint density at radius 2 is 2.14 bits per heavy atom. The van der Waals surface area contributed by atoms with Gasteiger partial charge in [0.2, 0.25) is 11.8 Å². The lowest BCUT2D eigenvalue weighted by Gasteiger charge is -2.15. The van der Waals surface area contributed by atoms with Crippen molar-refractivity contribution in [2.75, 3.05) is 30.7 Å². The Bertz CT molecular complexity index is 564. The summed E-state index contributed by atoms with van der Waals surface area (Å²) in [7, 11) is 0. The Hall–Kier alpha value is -2.22. The summed E-state index contributed by atoms with van der Waals surface area (Å²) in [5.41, 5.74) is 5.86. The van der Waals surface area contributed by atoms with Crippen molar-refractivity contribution >= 4 is 35.3 Å². The van der Waals surface area contributed by atoms with E-state index in [0.29, 0.717) is 13.1 Å². The van der Waals surface area contributed by atoms with E-state index in [1.54, 1.807) is 6.07 Å². The van der Waals surface area contributed by atoms with Gasteiger partial charge in [0, 0.05) is 23.7 Å². The SMILES string of the molecule is NC(=O)CSc1ccccc1NCC(=O)N1CCNC1=O. The fourth-order valence-electron chi connectivity index (χ4n) is 1.86. The van der Waals surface area contributed by atoms with Crippen LogP contribution in [0.3, 0.4) is 0 Å². The number of urea groups is 1. The van der Waals surface area contributed by atoms with Crippen LogP contribution in [0.4, 0.5) is 10.5 Å². The van der Waals surface area contributed by atoms with Gasteiger partial charge in [-0.2, -0.15) is 0 Å². The predicted octanol–water partition coefficient (Wildman–Crippen LogP) is 0.228. The first kappa shape index (κ1) is 15.2. The third-order valence-corrected chi connectivity index (χ3v) is 3.94. The van der Waals surface area contributed by atoms with E-state index in [0.717, 1.165) is 10.6 Å². The van der Waals surface area contributed by atoms with Crippen molar-refractivity contribution in [2.24, 2.45) is 5.73 Å². The van der Waals surface area contributed by atoms with E-state index in [9.17, 15) is 14.4 Å². The molecule has 1 aliphatic rings. The van der Waals surface area contributed by atoms with Crippen LogP contribution in [-0.4, -0.2) is 48.1 Å². The fraction of sp³-hybridized carbons (Fsp3) is 0.308. The number of benzene rings is 1. The molecule has 0 bridgehead atoms. The first-order valence-corrected chi connectivity index (χ1v) is 7.38. The van der Waals surface area contributed by atoms with E-state index in [-0.39, 0.29) is 24.2 Å². The van der Waals surface area contributed by atoms with Gasteiger partial charge >= 0.3 is 6.03 Å². The second-order valence-electron chi connectivity index (χ2n) is 4.38. The maximum absolute atomic E-state index is 11.9. The molecule has 1 aromatic carbocycles. The lowest BCUT2D eigenvalue weighted by Crippen LogP contribution is -2.38. The van der Waals surface area contributed by atoms with E-state index < -0.39 is 5.91 Å². The van der Waals surface area contributed by atoms with E-state index in [2.05, 4.69) is 10.6 Å². The number of hydrogen-bond donors (Lipinski definition) is 3. The summed E-state index contributed by atoms with van der Waals surface area (Å²) in [5, 5.41) is 5.57. The lowest BCUT2D eigenvalue weighted by molar-refractivity contribution is -0.125. The minimum absolute atomic E-state index is 0.0154. The second kappa shape index (κ2) is 6.98. The predicted molar refractivity (Wildman–Crippen MR) is 80.0 cm³/mol. The zero-order valence-corrected chi connectivity index (χ0v) is 12.1. The number of para-hydroxylation sites is 1. The summed E-state index contributed by atoms with van der Waals surface area (Å²) < 4.78 is 0. The zero-order valence-electron chi connectivity index (χ0n) is 11.3. The highest BCUT2D eigenvalue weighted by Crippen LogP contribution is 2.26. The highest BCUT2D eigenvalue weighted by molar-refractivity contribution is 8.00. The Morgan fingerprint density at radius 1 is 1.38 bits per heavy atom. The molecule has 0 spiro atoms. The normalized spacial score (nSPS) is 13.9. The molecule has 1 saturated heterocycles. The number of carbonyl (C=O) groups is 3. The van der Waals surface area contributed by atoms with Gasteiger partial charge in [-0.1, -0.05) is 12.1 Å². The van der Waals surface area contributed by atoms with Gasteiger partial charge in [0.1, 0.15) is 0 Å². The van der Waals surface area contributed by atoms with Crippen LogP contribution < -0.4 is 16.4 Å². The summed E-state index contributed by atoms with van der Waals surface area (Å²) in [6.07, 6.45) is 0. The van der Waals surface area contributed by atoms with E-state index in [4.69, 9.17) is 5.73 Å². The number of nitrogens with one attached hydrogen (secondary N) is 2. The molecule has 2 rings (SSSR count). The van der Waals surface area contributed by atoms with E-state index in [1.165, 1.54) is 16.7 Å². The standard InChI is InChI=1S/C13H16N4O3S/c14-11(18)8-21-10-4-2-1-3-9(10)16-7-12(19)17-6-5-15-13(17)20/h1-4,16H,5-8H2,(H2,14,18)(H,15,20). The molecule has 1 aromatic rings. The number of imide groups is 1. The number of amides is 4. The Balaban J connectivity index is 1.94. The first-order valence-electron chi connectivity index (χ1n) is 6.40. The van der Waals surface area contributed by atoms with Crippen LogP contribution in [0.15, 0.2) is 29.2 Å². The highest BCUT2D eigenvalue weighted by atomic mass is 32.2. The summed E-state index contributed by atoms with van der Waals surface area (Å²) >= 11 is 1.30. The topological polar surface area (TPSA) is 105 Å². The highest BCUT2D eigenvalue weighted by Gasteiger charge is 2.25. The Labute approximate surface area is 126 Å². The molecule has 1 heterocycles. The van der Waals surface area contributed by atoms with Crippen LogP contribution in [0.5, 0.6) is 0 Å². The van der Waals surface area contributed by atoms with Gasteiger partial charge in [0.25, 0.3) is 0 Å². The number of rotatable bonds is 6. The molecular weight excluding hydrogens is 292 g/mol. The van der Waals surface area contributed by atoms with Gasteiger partial charge in [0.15, 0.2) is 0 Å². The van der Waals surface area contributed by atoms with Gasteiger partial charge < -0.3 is 16.4 Å². The van der Waals surface area contributed by atoms with Crippen LogP contribution in [0.25, 0.3) is 0 Å². The van der Waals surface area contributed by atoms with Gasteiger partial charge in [-0.25, -0.2) is 4.79 Å².